The first-order valence-corrected chi connectivity index (χ1v) is 4.49. The van der Waals surface area contributed by atoms with E-state index < -0.39 is 0 Å². The van der Waals surface area contributed by atoms with Gasteiger partial charge in [-0.15, -0.1) is 5.10 Å². The molecule has 0 aliphatic heterocycles. The van der Waals surface area contributed by atoms with Crippen molar-refractivity contribution in [2.75, 3.05) is 0 Å². The fourth-order valence-electron chi connectivity index (χ4n) is 1.24. The van der Waals surface area contributed by atoms with Crippen molar-refractivity contribution in [2.24, 2.45) is 7.05 Å². The van der Waals surface area contributed by atoms with Gasteiger partial charge in [-0.2, -0.15) is 0 Å². The van der Waals surface area contributed by atoms with Gasteiger partial charge in [0.1, 0.15) is 0 Å². The van der Waals surface area contributed by atoms with Gasteiger partial charge in [0.15, 0.2) is 0 Å². The summed E-state index contributed by atoms with van der Waals surface area (Å²) in [6.07, 6.45) is 4.23. The highest BCUT2D eigenvalue weighted by Crippen LogP contribution is 2.28. The molecular formula is C9H17N3. The van der Waals surface area contributed by atoms with Crippen LogP contribution in [0.5, 0.6) is 0 Å². The van der Waals surface area contributed by atoms with Gasteiger partial charge < -0.3 is 0 Å². The predicted molar refractivity (Wildman–Crippen MR) is 48.9 cm³/mol. The van der Waals surface area contributed by atoms with E-state index in [1.54, 1.807) is 4.68 Å². The maximum atomic E-state index is 4.14. The summed E-state index contributed by atoms with van der Waals surface area (Å²) in [4.78, 5) is 0. The van der Waals surface area contributed by atoms with Crippen molar-refractivity contribution in [1.29, 1.82) is 0 Å². The van der Waals surface area contributed by atoms with E-state index in [1.165, 1.54) is 0 Å². The van der Waals surface area contributed by atoms with Crippen LogP contribution in [0.15, 0.2) is 6.20 Å². The van der Waals surface area contributed by atoms with Crippen LogP contribution in [0.3, 0.4) is 0 Å². The van der Waals surface area contributed by atoms with Crippen molar-refractivity contribution in [3.8, 4) is 0 Å². The van der Waals surface area contributed by atoms with Crippen LogP contribution in [0.25, 0.3) is 0 Å². The molecule has 1 heterocycles. The number of aromatic nitrogens is 3. The lowest BCUT2D eigenvalue weighted by molar-refractivity contribution is 0.425. The molecule has 0 aliphatic rings. The molecule has 3 nitrogen and oxygen atoms in total. The normalized spacial score (nSPS) is 12.0. The summed E-state index contributed by atoms with van der Waals surface area (Å²) in [6, 6.07) is 0. The Balaban J connectivity index is 2.94. The highest BCUT2D eigenvalue weighted by molar-refractivity contribution is 5.09. The van der Waals surface area contributed by atoms with Gasteiger partial charge in [-0.05, 0) is 12.8 Å². The average molecular weight is 167 g/mol. The van der Waals surface area contributed by atoms with E-state index in [2.05, 4.69) is 31.1 Å². The van der Waals surface area contributed by atoms with Crippen molar-refractivity contribution in [3.63, 3.8) is 0 Å². The second kappa shape index (κ2) is 3.25. The molecule has 0 saturated heterocycles. The van der Waals surface area contributed by atoms with E-state index >= 15 is 0 Å². The molecular weight excluding hydrogens is 150 g/mol. The standard InChI is InChI=1S/C9H17N3/c1-5-9(3,6-2)8-7-12(4)11-10-8/h7H,5-6H2,1-4H3. The van der Waals surface area contributed by atoms with E-state index in [0.29, 0.717) is 0 Å². The molecule has 0 saturated carbocycles. The number of hydrogen-bond acceptors (Lipinski definition) is 2. The Kier molecular flexibility index (Phi) is 2.50. The first kappa shape index (κ1) is 9.23. The number of aryl methyl sites for hydroxylation is 1. The summed E-state index contributed by atoms with van der Waals surface area (Å²) in [7, 11) is 1.90. The van der Waals surface area contributed by atoms with E-state index in [1.807, 2.05) is 13.2 Å². The third kappa shape index (κ3) is 1.49. The first-order chi connectivity index (χ1) is 5.62. The van der Waals surface area contributed by atoms with Crippen LogP contribution >= 0.6 is 0 Å². The third-order valence-electron chi connectivity index (χ3n) is 2.78. The minimum atomic E-state index is 0.203. The van der Waals surface area contributed by atoms with E-state index in [4.69, 9.17) is 0 Å². The fourth-order valence-corrected chi connectivity index (χ4v) is 1.24. The second-order valence-electron chi connectivity index (χ2n) is 3.55. The number of rotatable bonds is 3. The molecule has 0 unspecified atom stereocenters. The fraction of sp³-hybridized carbons (Fsp3) is 0.778. The van der Waals surface area contributed by atoms with Crippen molar-refractivity contribution < 1.29 is 0 Å². The van der Waals surface area contributed by atoms with Gasteiger partial charge in [-0.3, -0.25) is 4.68 Å². The molecule has 0 bridgehead atoms. The molecule has 0 aliphatic carbocycles. The van der Waals surface area contributed by atoms with Gasteiger partial charge in [0.05, 0.1) is 5.69 Å². The Bertz CT molecular complexity index is 248. The van der Waals surface area contributed by atoms with E-state index in [0.717, 1.165) is 18.5 Å². The zero-order valence-electron chi connectivity index (χ0n) is 8.33. The molecule has 1 aromatic rings. The Hall–Kier alpha value is -0.860. The summed E-state index contributed by atoms with van der Waals surface area (Å²) in [6.45, 7) is 6.62. The Labute approximate surface area is 73.8 Å². The molecule has 0 N–H and O–H groups in total. The Morgan fingerprint density at radius 2 is 2.00 bits per heavy atom. The highest BCUT2D eigenvalue weighted by atomic mass is 15.4. The van der Waals surface area contributed by atoms with Gasteiger partial charge in [0, 0.05) is 18.7 Å². The lowest BCUT2D eigenvalue weighted by Crippen LogP contribution is -2.19. The zero-order valence-corrected chi connectivity index (χ0v) is 8.33. The minimum Gasteiger partial charge on any atom is -0.255 e. The molecule has 0 radical (unpaired) electrons. The van der Waals surface area contributed by atoms with Crippen LogP contribution in [-0.2, 0) is 12.5 Å². The molecule has 0 fully saturated rings. The topological polar surface area (TPSA) is 30.7 Å². The SMILES string of the molecule is CCC(C)(CC)c1cn(C)nn1. The monoisotopic (exact) mass is 167 g/mol. The number of hydrogen-bond donors (Lipinski definition) is 0. The van der Waals surface area contributed by atoms with Crippen LogP contribution in [0, 0.1) is 0 Å². The molecule has 12 heavy (non-hydrogen) atoms. The van der Waals surface area contributed by atoms with Crippen LogP contribution in [0.2, 0.25) is 0 Å². The molecule has 3 heteroatoms. The van der Waals surface area contributed by atoms with Gasteiger partial charge in [0.2, 0.25) is 0 Å². The maximum Gasteiger partial charge on any atom is 0.0885 e. The lowest BCUT2D eigenvalue weighted by atomic mass is 9.82. The van der Waals surface area contributed by atoms with Crippen molar-refractivity contribution in [1.82, 2.24) is 15.0 Å². The summed E-state index contributed by atoms with van der Waals surface area (Å²) in [5.74, 6) is 0. The van der Waals surface area contributed by atoms with Crippen molar-refractivity contribution >= 4 is 0 Å². The van der Waals surface area contributed by atoms with Crippen molar-refractivity contribution in [3.05, 3.63) is 11.9 Å². The molecule has 0 atom stereocenters. The van der Waals surface area contributed by atoms with Gasteiger partial charge in [-0.1, -0.05) is 26.0 Å². The molecule has 0 amide bonds. The van der Waals surface area contributed by atoms with Gasteiger partial charge in [-0.25, -0.2) is 0 Å². The van der Waals surface area contributed by atoms with Gasteiger partial charge in [0.25, 0.3) is 0 Å². The summed E-state index contributed by atoms with van der Waals surface area (Å²) in [5, 5.41) is 8.09. The smallest absolute Gasteiger partial charge is 0.0885 e. The zero-order chi connectivity index (χ0) is 9.19. The van der Waals surface area contributed by atoms with Crippen LogP contribution in [-0.4, -0.2) is 15.0 Å². The van der Waals surface area contributed by atoms with Gasteiger partial charge >= 0.3 is 0 Å². The minimum absolute atomic E-state index is 0.203. The summed E-state index contributed by atoms with van der Waals surface area (Å²) < 4.78 is 1.76. The third-order valence-corrected chi connectivity index (χ3v) is 2.78. The second-order valence-corrected chi connectivity index (χ2v) is 3.55. The highest BCUT2D eigenvalue weighted by Gasteiger charge is 2.25. The van der Waals surface area contributed by atoms with Crippen LogP contribution < -0.4 is 0 Å². The molecule has 0 spiro atoms. The molecule has 0 aromatic carbocycles. The molecule has 1 aromatic heterocycles. The Morgan fingerprint density at radius 1 is 1.42 bits per heavy atom. The molecule has 1 rings (SSSR count). The van der Waals surface area contributed by atoms with E-state index in [-0.39, 0.29) is 5.41 Å². The Morgan fingerprint density at radius 3 is 2.33 bits per heavy atom. The summed E-state index contributed by atoms with van der Waals surface area (Å²) >= 11 is 0. The van der Waals surface area contributed by atoms with Crippen LogP contribution in [0.1, 0.15) is 39.3 Å². The molecule has 68 valence electrons. The maximum absolute atomic E-state index is 4.14. The summed E-state index contributed by atoms with van der Waals surface area (Å²) in [5.41, 5.74) is 1.31. The lowest BCUT2D eigenvalue weighted by Gasteiger charge is -2.23. The first-order valence-electron chi connectivity index (χ1n) is 4.49. The van der Waals surface area contributed by atoms with Crippen LogP contribution in [0.4, 0.5) is 0 Å². The number of nitrogens with zero attached hydrogens (tertiary/aromatic N) is 3. The van der Waals surface area contributed by atoms with E-state index in [9.17, 15) is 0 Å². The van der Waals surface area contributed by atoms with Crippen molar-refractivity contribution in [2.45, 2.75) is 39.0 Å². The quantitative estimate of drug-likeness (QED) is 0.688. The predicted octanol–water partition coefficient (Wildman–Crippen LogP) is 1.89. The largest absolute Gasteiger partial charge is 0.255 e. The average Bonchev–Trinajstić information content (AvgIpc) is 2.51.